The van der Waals surface area contributed by atoms with Gasteiger partial charge in [0.2, 0.25) is 5.78 Å². The van der Waals surface area contributed by atoms with Crippen LogP contribution < -0.4 is 11.1 Å². The number of carbonyl (C=O) groups excluding carboxylic acids is 3. The number of fused-ring (bicyclic) bond motifs is 4. The molecule has 12 heteroatoms. The lowest BCUT2D eigenvalue weighted by molar-refractivity contribution is -0.148. The summed E-state index contributed by atoms with van der Waals surface area (Å²) in [5.74, 6) is -8.42. The molecule has 0 heterocycles. The first-order chi connectivity index (χ1) is 19.4. The number of benzene rings is 2. The summed E-state index contributed by atoms with van der Waals surface area (Å²) in [5.41, 5.74) is 1.69. The van der Waals surface area contributed by atoms with E-state index in [9.17, 15) is 34.8 Å². The third-order valence-corrected chi connectivity index (χ3v) is 8.51. The maximum absolute atomic E-state index is 15.9. The lowest BCUT2D eigenvalue weighted by Gasteiger charge is -2.50. The van der Waals surface area contributed by atoms with Gasteiger partial charge in [-0.25, -0.2) is 4.39 Å². The zero-order valence-electron chi connectivity index (χ0n) is 22.8. The minimum atomic E-state index is -2.75. The fraction of sp³-hybridized carbons (Fsp3) is 0.414. The molecular formula is C29H32FN3O8. The van der Waals surface area contributed by atoms with Crippen molar-refractivity contribution in [2.45, 2.75) is 31.0 Å². The van der Waals surface area contributed by atoms with E-state index in [1.165, 1.54) is 11.0 Å². The smallest absolute Gasteiger partial charge is 0.255 e. The van der Waals surface area contributed by atoms with Crippen molar-refractivity contribution in [3.63, 3.8) is 0 Å². The molecule has 0 aromatic heterocycles. The van der Waals surface area contributed by atoms with E-state index in [0.29, 0.717) is 19.7 Å². The number of nitrogens with zero attached hydrogens (tertiary/aromatic N) is 1. The van der Waals surface area contributed by atoms with Gasteiger partial charge in [-0.05, 0) is 44.5 Å². The lowest BCUT2D eigenvalue weighted by atomic mass is 9.58. The van der Waals surface area contributed by atoms with Gasteiger partial charge in [-0.3, -0.25) is 19.3 Å². The number of halogens is 1. The summed E-state index contributed by atoms with van der Waals surface area (Å²) >= 11 is 0. The van der Waals surface area contributed by atoms with E-state index in [1.54, 1.807) is 33.3 Å². The van der Waals surface area contributed by atoms with Crippen LogP contribution in [0.5, 0.6) is 5.75 Å². The van der Waals surface area contributed by atoms with Gasteiger partial charge >= 0.3 is 0 Å². The van der Waals surface area contributed by atoms with E-state index in [-0.39, 0.29) is 40.3 Å². The van der Waals surface area contributed by atoms with Crippen LogP contribution in [0.3, 0.4) is 0 Å². The third kappa shape index (κ3) is 4.12. The zero-order chi connectivity index (χ0) is 30.0. The summed E-state index contributed by atoms with van der Waals surface area (Å²) in [6.45, 7) is 1.44. The Balaban J connectivity index is 1.65. The number of hydrogen-bond donors (Lipinski definition) is 6. The molecule has 0 fully saturated rings. The van der Waals surface area contributed by atoms with Crippen LogP contribution in [-0.2, 0) is 27.3 Å². The van der Waals surface area contributed by atoms with Crippen molar-refractivity contribution < 1.29 is 43.9 Å². The van der Waals surface area contributed by atoms with Crippen LogP contribution in [0.1, 0.15) is 27.9 Å². The molecule has 2 aromatic rings. The number of ether oxygens (including phenoxy) is 1. The highest BCUT2D eigenvalue weighted by atomic mass is 19.1. The number of aromatic hydroxyl groups is 1. The summed E-state index contributed by atoms with van der Waals surface area (Å²) in [7, 11) is 4.65. The number of nitrogens with two attached hydrogens (primary N) is 1. The van der Waals surface area contributed by atoms with Gasteiger partial charge in [0, 0.05) is 48.0 Å². The molecule has 0 saturated carbocycles. The predicted molar refractivity (Wildman–Crippen MR) is 145 cm³/mol. The average molecular weight is 570 g/mol. The molecule has 0 bridgehead atoms. The van der Waals surface area contributed by atoms with Crippen molar-refractivity contribution in [2.75, 3.05) is 34.4 Å². The van der Waals surface area contributed by atoms with Crippen LogP contribution in [0, 0.1) is 17.7 Å². The van der Waals surface area contributed by atoms with Crippen molar-refractivity contribution in [3.8, 4) is 5.75 Å². The van der Waals surface area contributed by atoms with Gasteiger partial charge in [-0.1, -0.05) is 12.1 Å². The van der Waals surface area contributed by atoms with Crippen molar-refractivity contribution in [1.29, 1.82) is 0 Å². The first kappa shape index (κ1) is 28.7. The minimum absolute atomic E-state index is 0.0425. The summed E-state index contributed by atoms with van der Waals surface area (Å²) in [6, 6.07) is 3.68. The second-order valence-electron chi connectivity index (χ2n) is 11.0. The van der Waals surface area contributed by atoms with E-state index in [4.69, 9.17) is 10.5 Å². The highest BCUT2D eigenvalue weighted by molar-refractivity contribution is 6.25. The second-order valence-corrected chi connectivity index (χ2v) is 11.0. The van der Waals surface area contributed by atoms with Gasteiger partial charge in [0.25, 0.3) is 5.91 Å². The number of rotatable bonds is 7. The summed E-state index contributed by atoms with van der Waals surface area (Å²) in [4.78, 5) is 40.8. The normalized spacial score (nSPS) is 26.0. The second kappa shape index (κ2) is 10.2. The first-order valence-corrected chi connectivity index (χ1v) is 13.2. The molecule has 2 aromatic carbocycles. The molecule has 1 amide bonds. The summed E-state index contributed by atoms with van der Waals surface area (Å²) < 4.78 is 20.9. The monoisotopic (exact) mass is 569 g/mol. The number of phenolic OH excluding ortho intramolecular Hbond substituents is 1. The maximum Gasteiger partial charge on any atom is 0.255 e. The highest BCUT2D eigenvalue weighted by Crippen LogP contribution is 2.53. The van der Waals surface area contributed by atoms with Crippen molar-refractivity contribution in [2.24, 2.45) is 17.6 Å². The number of Topliss-reactive ketones (excluding diaryl/α,β-unsaturated/α-hetero) is 2. The van der Waals surface area contributed by atoms with Crippen LogP contribution >= 0.6 is 0 Å². The molecule has 3 aliphatic rings. The number of allylic oxidation sites excluding steroid dienone is 1. The average Bonchev–Trinajstić information content (AvgIpc) is 2.91. The number of phenols is 1. The number of aliphatic hydroxyl groups is 3. The number of hydrogen-bond acceptors (Lipinski definition) is 10. The highest BCUT2D eigenvalue weighted by Gasteiger charge is 2.63. The Morgan fingerprint density at radius 3 is 2.56 bits per heavy atom. The Hall–Kier alpha value is -3.84. The van der Waals surface area contributed by atoms with Gasteiger partial charge in [0.05, 0.1) is 18.2 Å². The molecule has 11 nitrogen and oxygen atoms in total. The Morgan fingerprint density at radius 2 is 1.93 bits per heavy atom. The third-order valence-electron chi connectivity index (χ3n) is 8.51. The number of methoxy groups -OCH3 is 1. The summed E-state index contributed by atoms with van der Waals surface area (Å²) in [5, 5.41) is 48.5. The number of carbonyl (C=O) groups is 3. The zero-order valence-corrected chi connectivity index (χ0v) is 22.8. The van der Waals surface area contributed by atoms with Gasteiger partial charge < -0.3 is 36.2 Å². The molecule has 0 unspecified atom stereocenters. The fourth-order valence-corrected chi connectivity index (χ4v) is 6.63. The molecule has 7 N–H and O–H groups in total. The van der Waals surface area contributed by atoms with E-state index in [0.717, 1.165) is 5.56 Å². The largest absolute Gasteiger partial charge is 0.510 e. The van der Waals surface area contributed by atoms with Gasteiger partial charge in [0.15, 0.2) is 11.4 Å². The summed E-state index contributed by atoms with van der Waals surface area (Å²) in [6.07, 6.45) is -0.236. The number of nitrogens with one attached hydrogen (secondary N) is 1. The van der Waals surface area contributed by atoms with E-state index < -0.39 is 69.6 Å². The number of likely N-dealkylation sites (N-methyl/N-ethyl adjacent to an activating group) is 1. The molecule has 0 saturated heterocycles. The molecule has 0 radical (unpaired) electrons. The molecule has 4 atom stereocenters. The molecule has 41 heavy (non-hydrogen) atoms. The number of primary amides is 1. The fourth-order valence-electron chi connectivity index (χ4n) is 6.63. The number of amides is 1. The molecular weight excluding hydrogens is 537 g/mol. The Morgan fingerprint density at radius 1 is 1.22 bits per heavy atom. The van der Waals surface area contributed by atoms with Gasteiger partial charge in [-0.15, -0.1) is 0 Å². The van der Waals surface area contributed by atoms with Crippen molar-refractivity contribution >= 4 is 28.2 Å². The van der Waals surface area contributed by atoms with Crippen LogP contribution in [0.2, 0.25) is 0 Å². The Kier molecular flexibility index (Phi) is 7.14. The van der Waals surface area contributed by atoms with Gasteiger partial charge in [0.1, 0.15) is 28.7 Å². The predicted octanol–water partition coefficient (Wildman–Crippen LogP) is 1.15. The first-order valence-electron chi connectivity index (χ1n) is 13.2. The number of aliphatic hydroxyl groups excluding tert-OH is 2. The topological polar surface area (TPSA) is 183 Å². The molecule has 0 spiro atoms. The van der Waals surface area contributed by atoms with E-state index >= 15 is 4.39 Å². The van der Waals surface area contributed by atoms with E-state index in [2.05, 4.69) is 5.32 Å². The molecule has 0 aliphatic heterocycles. The lowest BCUT2D eigenvalue weighted by Crippen LogP contribution is -2.63. The standard InChI is InChI=1S/C29H32FN3O8/c1-33(2)22-17-10-13-9-16-19(23(34)15-8-12(11-32-6-7-41-3)4-5-14(15)21(16)30)24(35)18(13)26(37)29(17,40)27(38)20(25(22)36)28(31)39/h4-5,8,13,17,22,32,34,36-37,40H,6-7,9-11H2,1-3H3,(H2,31,39)/t13-,17-,22-,29-/m0/s1. The molecule has 5 rings (SSSR count). The van der Waals surface area contributed by atoms with Gasteiger partial charge in [-0.2, -0.15) is 0 Å². The van der Waals surface area contributed by atoms with Crippen molar-refractivity contribution in [1.82, 2.24) is 10.2 Å². The molecule has 218 valence electrons. The Labute approximate surface area is 234 Å². The van der Waals surface area contributed by atoms with Crippen molar-refractivity contribution in [3.05, 3.63) is 63.4 Å². The molecule has 3 aliphatic carbocycles. The minimum Gasteiger partial charge on any atom is -0.510 e. The van der Waals surface area contributed by atoms with E-state index in [1.807, 2.05) is 0 Å². The maximum atomic E-state index is 15.9. The SMILES string of the molecule is COCCNCc1ccc2c(F)c3c(c(O)c2c1)C(=O)C1=C(O)[C@]2(O)C(=O)C(C(N)=O)=C(O)[C@@H](N(C)C)[C@@H]2C[C@@H]1C3. The van der Waals surface area contributed by atoms with Crippen LogP contribution in [0.15, 0.2) is 40.9 Å². The van der Waals surface area contributed by atoms with Crippen LogP contribution in [0.25, 0.3) is 10.8 Å². The van der Waals surface area contributed by atoms with Crippen LogP contribution in [-0.4, -0.2) is 88.8 Å². The van der Waals surface area contributed by atoms with Crippen LogP contribution in [0.4, 0.5) is 4.39 Å². The number of ketones is 2. The Bertz CT molecular complexity index is 1570. The quantitative estimate of drug-likeness (QED) is 0.209.